The van der Waals surface area contributed by atoms with Crippen LogP contribution in [0.2, 0.25) is 0 Å². The van der Waals surface area contributed by atoms with Gasteiger partial charge in [0.15, 0.2) is 8.68 Å². The average Bonchev–Trinajstić information content (AvgIpc) is 2.79. The topological polar surface area (TPSA) is 46.0 Å². The molecule has 1 atom stereocenters. The maximum Gasteiger partial charge on any atom is 0.179 e. The highest BCUT2D eigenvalue weighted by atomic mass is 32.2. The van der Waals surface area contributed by atoms with Crippen molar-refractivity contribution < 1.29 is 9.50 Å². The molecule has 0 bridgehead atoms. The Morgan fingerprint density at radius 3 is 2.67 bits per heavy atom. The average molecular weight is 302 g/mol. The monoisotopic (exact) mass is 302 g/mol. The second-order valence-electron chi connectivity index (χ2n) is 3.50. The van der Waals surface area contributed by atoms with E-state index < -0.39 is 6.10 Å². The smallest absolute Gasteiger partial charge is 0.179 e. The molecule has 96 valence electrons. The predicted molar refractivity (Wildman–Crippen MR) is 72.8 cm³/mol. The maximum atomic E-state index is 13.2. The van der Waals surface area contributed by atoms with Gasteiger partial charge in [-0.1, -0.05) is 34.9 Å². The first-order valence-electron chi connectivity index (χ1n) is 5.13. The summed E-state index contributed by atoms with van der Waals surface area (Å²) < 4.78 is 14.8. The van der Waals surface area contributed by atoms with Crippen molar-refractivity contribution in [2.24, 2.45) is 0 Å². The summed E-state index contributed by atoms with van der Waals surface area (Å²) in [7, 11) is 0. The van der Waals surface area contributed by atoms with Crippen LogP contribution in [-0.4, -0.2) is 21.6 Å². The highest BCUT2D eigenvalue weighted by Crippen LogP contribution is 2.36. The van der Waals surface area contributed by atoms with Gasteiger partial charge in [0.25, 0.3) is 0 Å². The fraction of sp³-hybridized carbons (Fsp3) is 0.273. The number of rotatable bonds is 4. The van der Waals surface area contributed by atoms with Gasteiger partial charge in [0, 0.05) is 4.90 Å². The first kappa shape index (κ1) is 13.8. The molecule has 1 aromatic carbocycles. The molecule has 0 spiro atoms. The third-order valence-electron chi connectivity index (χ3n) is 2.18. The van der Waals surface area contributed by atoms with Gasteiger partial charge in [0.2, 0.25) is 0 Å². The van der Waals surface area contributed by atoms with Crippen molar-refractivity contribution in [3.63, 3.8) is 0 Å². The van der Waals surface area contributed by atoms with Crippen LogP contribution in [0.15, 0.2) is 31.8 Å². The largest absolute Gasteiger partial charge is 0.389 e. The molecular formula is C11H11FN2OS3. The summed E-state index contributed by atoms with van der Waals surface area (Å²) in [6.45, 7) is 1.62. The zero-order valence-corrected chi connectivity index (χ0v) is 12.2. The second-order valence-corrected chi connectivity index (χ2v) is 6.82. The zero-order valence-electron chi connectivity index (χ0n) is 9.75. The van der Waals surface area contributed by atoms with E-state index in [2.05, 4.69) is 10.2 Å². The Kier molecular flexibility index (Phi) is 4.60. The molecule has 0 aliphatic heterocycles. The van der Waals surface area contributed by atoms with Gasteiger partial charge in [-0.2, -0.15) is 0 Å². The first-order valence-corrected chi connectivity index (χ1v) is 7.99. The summed E-state index contributed by atoms with van der Waals surface area (Å²) in [5.74, 6) is -0.350. The van der Waals surface area contributed by atoms with Crippen LogP contribution in [0.1, 0.15) is 18.6 Å². The molecule has 0 saturated carbocycles. The van der Waals surface area contributed by atoms with Gasteiger partial charge in [0.1, 0.15) is 5.82 Å². The number of benzene rings is 1. The van der Waals surface area contributed by atoms with E-state index in [0.29, 0.717) is 5.56 Å². The van der Waals surface area contributed by atoms with E-state index in [1.807, 2.05) is 6.26 Å². The summed E-state index contributed by atoms with van der Waals surface area (Å²) in [4.78, 5) is 0.801. The van der Waals surface area contributed by atoms with Crippen molar-refractivity contribution >= 4 is 34.9 Å². The molecule has 0 fully saturated rings. The summed E-state index contributed by atoms with van der Waals surface area (Å²) in [6, 6.07) is 4.39. The Balaban J connectivity index is 2.28. The molecule has 1 N–H and O–H groups in total. The molecule has 1 heterocycles. The first-order chi connectivity index (χ1) is 8.60. The highest BCUT2D eigenvalue weighted by Gasteiger charge is 2.13. The van der Waals surface area contributed by atoms with Crippen LogP contribution in [0.5, 0.6) is 0 Å². The van der Waals surface area contributed by atoms with E-state index in [1.165, 1.54) is 47.0 Å². The highest BCUT2D eigenvalue weighted by molar-refractivity contribution is 8.03. The standard InChI is InChI=1S/C11H11FN2OS3/c1-6(15)8-5-7(12)3-4-9(8)17-11-14-13-10(16-2)18-11/h3-6,15H,1-2H3/t6-/m0/s1. The minimum atomic E-state index is -0.712. The molecule has 18 heavy (non-hydrogen) atoms. The van der Waals surface area contributed by atoms with Crippen LogP contribution >= 0.6 is 34.9 Å². The van der Waals surface area contributed by atoms with Crippen molar-refractivity contribution in [3.8, 4) is 0 Å². The molecule has 7 heteroatoms. The van der Waals surface area contributed by atoms with Crippen molar-refractivity contribution in [1.29, 1.82) is 0 Å². The van der Waals surface area contributed by atoms with Gasteiger partial charge in [-0.25, -0.2) is 4.39 Å². The van der Waals surface area contributed by atoms with Crippen LogP contribution in [0.4, 0.5) is 4.39 Å². The second kappa shape index (κ2) is 6.01. The van der Waals surface area contributed by atoms with E-state index >= 15 is 0 Å². The van der Waals surface area contributed by atoms with Gasteiger partial charge in [0.05, 0.1) is 6.10 Å². The Hall–Kier alpha value is -0.630. The molecule has 2 aromatic rings. The molecule has 2 rings (SSSR count). The fourth-order valence-corrected chi connectivity index (χ4v) is 3.94. The minimum Gasteiger partial charge on any atom is -0.389 e. The van der Waals surface area contributed by atoms with Gasteiger partial charge >= 0.3 is 0 Å². The van der Waals surface area contributed by atoms with Gasteiger partial charge in [-0.3, -0.25) is 0 Å². The minimum absolute atomic E-state index is 0.350. The number of aromatic nitrogens is 2. The number of hydrogen-bond acceptors (Lipinski definition) is 6. The molecule has 1 aromatic heterocycles. The fourth-order valence-electron chi connectivity index (χ4n) is 1.35. The van der Waals surface area contributed by atoms with Crippen LogP contribution in [-0.2, 0) is 0 Å². The molecule has 0 radical (unpaired) electrons. The Morgan fingerprint density at radius 2 is 2.06 bits per heavy atom. The van der Waals surface area contributed by atoms with Crippen molar-refractivity contribution in [1.82, 2.24) is 10.2 Å². The lowest BCUT2D eigenvalue weighted by Crippen LogP contribution is -1.95. The lowest BCUT2D eigenvalue weighted by Gasteiger charge is -2.10. The van der Waals surface area contributed by atoms with Crippen molar-refractivity contribution in [3.05, 3.63) is 29.6 Å². The van der Waals surface area contributed by atoms with Gasteiger partial charge in [-0.15, -0.1) is 10.2 Å². The van der Waals surface area contributed by atoms with E-state index in [4.69, 9.17) is 0 Å². The Labute approximate surface area is 117 Å². The third-order valence-corrected chi connectivity index (χ3v) is 5.22. The zero-order chi connectivity index (χ0) is 13.1. The van der Waals surface area contributed by atoms with Crippen molar-refractivity contribution in [2.45, 2.75) is 26.6 Å². The van der Waals surface area contributed by atoms with Gasteiger partial charge < -0.3 is 5.11 Å². The molecule has 3 nitrogen and oxygen atoms in total. The van der Waals surface area contributed by atoms with Crippen LogP contribution in [0.25, 0.3) is 0 Å². The summed E-state index contributed by atoms with van der Waals surface area (Å²) in [5.41, 5.74) is 0.570. The Morgan fingerprint density at radius 1 is 1.33 bits per heavy atom. The molecule has 0 aliphatic carbocycles. The van der Waals surface area contributed by atoms with Crippen LogP contribution < -0.4 is 0 Å². The molecule has 0 saturated heterocycles. The quantitative estimate of drug-likeness (QED) is 0.874. The number of thioether (sulfide) groups is 1. The molecule has 0 amide bonds. The maximum absolute atomic E-state index is 13.2. The number of hydrogen-bond donors (Lipinski definition) is 1. The lowest BCUT2D eigenvalue weighted by atomic mass is 10.1. The van der Waals surface area contributed by atoms with E-state index in [0.717, 1.165) is 13.6 Å². The SMILES string of the molecule is CSc1nnc(Sc2ccc(F)cc2[C@H](C)O)s1. The Bertz CT molecular complexity index is 545. The van der Waals surface area contributed by atoms with Crippen LogP contribution in [0, 0.1) is 5.82 Å². The van der Waals surface area contributed by atoms with Crippen molar-refractivity contribution in [2.75, 3.05) is 6.26 Å². The van der Waals surface area contributed by atoms with Gasteiger partial charge in [-0.05, 0) is 36.9 Å². The number of aliphatic hydroxyl groups is 1. The summed E-state index contributed by atoms with van der Waals surface area (Å²) >= 11 is 4.41. The number of nitrogens with zero attached hydrogens (tertiary/aromatic N) is 2. The summed E-state index contributed by atoms with van der Waals surface area (Å²) in [5, 5.41) is 17.7. The summed E-state index contributed by atoms with van der Waals surface area (Å²) in [6.07, 6.45) is 1.23. The third kappa shape index (κ3) is 3.23. The van der Waals surface area contributed by atoms with E-state index in [1.54, 1.807) is 13.0 Å². The van der Waals surface area contributed by atoms with E-state index in [-0.39, 0.29) is 5.82 Å². The predicted octanol–water partition coefficient (Wildman–Crippen LogP) is 3.60. The number of halogens is 1. The molecule has 0 unspecified atom stereocenters. The van der Waals surface area contributed by atoms with Crippen LogP contribution in [0.3, 0.4) is 0 Å². The number of aliphatic hydroxyl groups excluding tert-OH is 1. The van der Waals surface area contributed by atoms with E-state index in [9.17, 15) is 9.50 Å². The normalized spacial score (nSPS) is 12.7. The molecule has 0 aliphatic rings. The lowest BCUT2D eigenvalue weighted by molar-refractivity contribution is 0.196. The molecular weight excluding hydrogens is 291 g/mol.